The maximum absolute atomic E-state index is 12.4. The fourth-order valence-electron chi connectivity index (χ4n) is 4.28. The Balaban J connectivity index is 1.36. The van der Waals surface area contributed by atoms with Gasteiger partial charge in [-0.05, 0) is 31.4 Å². The van der Waals surface area contributed by atoms with Crippen LogP contribution in [-0.2, 0) is 9.53 Å². The maximum atomic E-state index is 12.4. The first-order valence-corrected chi connectivity index (χ1v) is 8.40. The van der Waals surface area contributed by atoms with Gasteiger partial charge < -0.3 is 9.64 Å². The van der Waals surface area contributed by atoms with Gasteiger partial charge in [-0.15, -0.1) is 0 Å². The number of imide groups is 1. The van der Waals surface area contributed by atoms with Crippen LogP contribution in [0.1, 0.15) is 40.0 Å². The number of rotatable bonds is 5. The van der Waals surface area contributed by atoms with Gasteiger partial charge in [-0.25, -0.2) is 0 Å². The Kier molecular flexibility index (Phi) is 3.64. The number of nitrogens with zero attached hydrogens (tertiary/aromatic N) is 2. The molecule has 1 aromatic rings. The number of amides is 3. The van der Waals surface area contributed by atoms with Crippen LogP contribution in [0.5, 0.6) is 0 Å². The molecule has 2 fully saturated rings. The van der Waals surface area contributed by atoms with E-state index in [0.29, 0.717) is 30.6 Å². The molecule has 1 aliphatic carbocycles. The zero-order chi connectivity index (χ0) is 16.8. The van der Waals surface area contributed by atoms with E-state index in [1.54, 1.807) is 31.4 Å². The number of methoxy groups -OCH3 is 1. The third kappa shape index (κ3) is 2.17. The monoisotopic (exact) mass is 328 g/mol. The lowest BCUT2D eigenvalue weighted by atomic mass is 10.0. The van der Waals surface area contributed by atoms with Gasteiger partial charge >= 0.3 is 0 Å². The molecule has 2 bridgehead atoms. The van der Waals surface area contributed by atoms with Crippen molar-refractivity contribution in [3.63, 3.8) is 0 Å². The van der Waals surface area contributed by atoms with E-state index in [4.69, 9.17) is 4.74 Å². The van der Waals surface area contributed by atoms with Crippen molar-refractivity contribution in [3.05, 3.63) is 35.4 Å². The fraction of sp³-hybridized carbons (Fsp3) is 0.500. The van der Waals surface area contributed by atoms with E-state index < -0.39 is 0 Å². The Hall–Kier alpha value is -2.21. The van der Waals surface area contributed by atoms with Crippen LogP contribution in [0, 0.1) is 5.92 Å². The van der Waals surface area contributed by atoms with E-state index in [0.717, 1.165) is 12.8 Å². The Morgan fingerprint density at radius 2 is 1.71 bits per heavy atom. The van der Waals surface area contributed by atoms with Crippen molar-refractivity contribution in [2.24, 2.45) is 5.92 Å². The number of ether oxygens (including phenoxy) is 1. The molecule has 0 spiro atoms. The minimum absolute atomic E-state index is 0.0145. The van der Waals surface area contributed by atoms with Gasteiger partial charge in [0.25, 0.3) is 11.8 Å². The minimum Gasteiger partial charge on any atom is -0.381 e. The van der Waals surface area contributed by atoms with Crippen molar-refractivity contribution in [1.29, 1.82) is 0 Å². The van der Waals surface area contributed by atoms with Crippen molar-refractivity contribution >= 4 is 17.7 Å². The fourth-order valence-corrected chi connectivity index (χ4v) is 4.28. The van der Waals surface area contributed by atoms with Crippen LogP contribution < -0.4 is 0 Å². The van der Waals surface area contributed by atoms with Gasteiger partial charge in [-0.1, -0.05) is 12.1 Å². The average molecular weight is 328 g/mol. The van der Waals surface area contributed by atoms with E-state index in [1.807, 2.05) is 4.90 Å². The first-order chi connectivity index (χ1) is 11.6. The van der Waals surface area contributed by atoms with Crippen LogP contribution in [-0.4, -0.2) is 59.9 Å². The largest absolute Gasteiger partial charge is 0.381 e. The Morgan fingerprint density at radius 3 is 2.29 bits per heavy atom. The quantitative estimate of drug-likeness (QED) is 0.764. The van der Waals surface area contributed by atoms with Gasteiger partial charge in [0, 0.05) is 26.2 Å². The molecule has 0 aromatic heterocycles. The van der Waals surface area contributed by atoms with Gasteiger partial charge in [0.2, 0.25) is 5.91 Å². The molecule has 6 nitrogen and oxygen atoms in total. The van der Waals surface area contributed by atoms with E-state index in [2.05, 4.69) is 0 Å². The standard InChI is InChI=1S/C18H20N2O4/c1-24-15-10-11-9-14(15)18(23)19(11)7-4-8-20-16(21)12-5-2-3-6-13(12)17(20)22/h2-3,5-6,11,14-15H,4,7-10H2,1H3/t11-,14+,15-/m0/s1. The first kappa shape index (κ1) is 15.3. The number of piperidine rings is 1. The maximum Gasteiger partial charge on any atom is 0.261 e. The van der Waals surface area contributed by atoms with Gasteiger partial charge in [0.1, 0.15) is 0 Å². The molecule has 3 aliphatic rings. The number of hydrogen-bond donors (Lipinski definition) is 0. The summed E-state index contributed by atoms with van der Waals surface area (Å²) in [4.78, 5) is 40.2. The van der Waals surface area contributed by atoms with Crippen molar-refractivity contribution in [3.8, 4) is 0 Å². The topological polar surface area (TPSA) is 66.9 Å². The van der Waals surface area contributed by atoms with Crippen molar-refractivity contribution < 1.29 is 19.1 Å². The SMILES string of the molecule is CO[C@H]1C[C@@H]2C[C@H]1C(=O)N2CCCN1C(=O)c2ccccc2C1=O. The number of likely N-dealkylation sites (tertiary alicyclic amines) is 1. The summed E-state index contributed by atoms with van der Waals surface area (Å²) in [6, 6.07) is 7.14. The zero-order valence-corrected chi connectivity index (χ0v) is 13.6. The number of hydrogen-bond acceptors (Lipinski definition) is 4. The smallest absolute Gasteiger partial charge is 0.261 e. The van der Waals surface area contributed by atoms with Crippen LogP contribution >= 0.6 is 0 Å². The third-order valence-corrected chi connectivity index (χ3v) is 5.48. The molecule has 1 saturated heterocycles. The summed E-state index contributed by atoms with van der Waals surface area (Å²) in [5.41, 5.74) is 0.948. The van der Waals surface area contributed by atoms with Crippen molar-refractivity contribution in [1.82, 2.24) is 9.80 Å². The van der Waals surface area contributed by atoms with Crippen LogP contribution in [0.2, 0.25) is 0 Å². The summed E-state index contributed by atoms with van der Waals surface area (Å²) in [6.45, 7) is 0.936. The summed E-state index contributed by atoms with van der Waals surface area (Å²) < 4.78 is 5.37. The summed E-state index contributed by atoms with van der Waals surface area (Å²) in [5, 5.41) is 0. The van der Waals surface area contributed by atoms with Crippen LogP contribution in [0.3, 0.4) is 0 Å². The van der Waals surface area contributed by atoms with E-state index >= 15 is 0 Å². The Labute approximate surface area is 140 Å². The molecule has 4 rings (SSSR count). The Morgan fingerprint density at radius 1 is 1.04 bits per heavy atom. The predicted octanol–water partition coefficient (Wildman–Crippen LogP) is 1.31. The normalized spacial score (nSPS) is 28.2. The lowest BCUT2D eigenvalue weighted by Crippen LogP contribution is -2.44. The van der Waals surface area contributed by atoms with Gasteiger partial charge in [0.15, 0.2) is 0 Å². The van der Waals surface area contributed by atoms with Crippen LogP contribution in [0.25, 0.3) is 0 Å². The summed E-state index contributed by atoms with van der Waals surface area (Å²) in [7, 11) is 1.66. The second-order valence-corrected chi connectivity index (χ2v) is 6.70. The minimum atomic E-state index is -0.232. The first-order valence-electron chi connectivity index (χ1n) is 8.40. The molecule has 0 radical (unpaired) electrons. The van der Waals surface area contributed by atoms with Crippen molar-refractivity contribution in [2.75, 3.05) is 20.2 Å². The molecule has 1 saturated carbocycles. The molecular formula is C18H20N2O4. The van der Waals surface area contributed by atoms with Gasteiger partial charge in [0.05, 0.1) is 23.1 Å². The second-order valence-electron chi connectivity index (χ2n) is 6.70. The number of fused-ring (bicyclic) bond motifs is 3. The van der Waals surface area contributed by atoms with Crippen molar-refractivity contribution in [2.45, 2.75) is 31.4 Å². The van der Waals surface area contributed by atoms with E-state index in [-0.39, 0.29) is 35.8 Å². The molecular weight excluding hydrogens is 308 g/mol. The van der Waals surface area contributed by atoms with E-state index in [1.165, 1.54) is 4.90 Å². The highest BCUT2D eigenvalue weighted by Crippen LogP contribution is 2.40. The number of carbonyl (C=O) groups is 3. The third-order valence-electron chi connectivity index (χ3n) is 5.48. The highest BCUT2D eigenvalue weighted by molar-refractivity contribution is 6.21. The zero-order valence-electron chi connectivity index (χ0n) is 13.6. The molecule has 1 aromatic carbocycles. The van der Waals surface area contributed by atoms with Gasteiger partial charge in [-0.3, -0.25) is 19.3 Å². The molecule has 0 unspecified atom stereocenters. The number of benzene rings is 1. The second kappa shape index (κ2) is 5.70. The van der Waals surface area contributed by atoms with E-state index in [9.17, 15) is 14.4 Å². The summed E-state index contributed by atoms with van der Waals surface area (Å²) >= 11 is 0. The highest BCUT2D eigenvalue weighted by atomic mass is 16.5. The lowest BCUT2D eigenvalue weighted by Gasteiger charge is -2.31. The molecule has 3 atom stereocenters. The lowest BCUT2D eigenvalue weighted by molar-refractivity contribution is -0.139. The molecule has 24 heavy (non-hydrogen) atoms. The summed E-state index contributed by atoms with van der Waals surface area (Å²) in [5.74, 6) is -0.326. The average Bonchev–Trinajstić information content (AvgIpc) is 3.22. The highest BCUT2D eigenvalue weighted by Gasteiger charge is 2.50. The molecule has 2 aliphatic heterocycles. The van der Waals surface area contributed by atoms with Crippen LogP contribution in [0.4, 0.5) is 0 Å². The molecule has 6 heteroatoms. The molecule has 2 heterocycles. The molecule has 0 N–H and O–H groups in total. The predicted molar refractivity (Wildman–Crippen MR) is 85.4 cm³/mol. The number of carbonyl (C=O) groups excluding carboxylic acids is 3. The van der Waals surface area contributed by atoms with Crippen LogP contribution in [0.15, 0.2) is 24.3 Å². The molecule has 3 amide bonds. The molecule has 126 valence electrons. The summed E-state index contributed by atoms with van der Waals surface area (Å²) in [6.07, 6.45) is 2.41. The van der Waals surface area contributed by atoms with Gasteiger partial charge in [-0.2, -0.15) is 0 Å². The Bertz CT molecular complexity index is 682.